The zero-order valence-corrected chi connectivity index (χ0v) is 16.6. The SMILES string of the molecule is C=C1CC(c2cn(C(C)(C)C)c3cc(OCc4ccccc4)ccc23)OC1=O. The van der Waals surface area contributed by atoms with Crippen LogP contribution in [0.25, 0.3) is 10.9 Å². The summed E-state index contributed by atoms with van der Waals surface area (Å²) >= 11 is 0. The first-order valence-electron chi connectivity index (χ1n) is 9.54. The minimum Gasteiger partial charge on any atom is -0.489 e. The highest BCUT2D eigenvalue weighted by molar-refractivity contribution is 5.92. The normalized spacial score (nSPS) is 17.2. The highest BCUT2D eigenvalue weighted by Gasteiger charge is 2.32. The van der Waals surface area contributed by atoms with Gasteiger partial charge in [0.05, 0.1) is 5.52 Å². The highest BCUT2D eigenvalue weighted by atomic mass is 16.5. The van der Waals surface area contributed by atoms with Crippen LogP contribution in [0.15, 0.2) is 66.9 Å². The lowest BCUT2D eigenvalue weighted by Gasteiger charge is -2.23. The van der Waals surface area contributed by atoms with Crippen molar-refractivity contribution in [1.29, 1.82) is 0 Å². The molecule has 1 atom stereocenters. The molecular weight excluding hydrogens is 350 g/mol. The Morgan fingerprint density at radius 2 is 1.93 bits per heavy atom. The van der Waals surface area contributed by atoms with Gasteiger partial charge in [-0.3, -0.25) is 0 Å². The number of nitrogens with zero attached hydrogens (tertiary/aromatic N) is 1. The summed E-state index contributed by atoms with van der Waals surface area (Å²) in [6.07, 6.45) is 2.36. The molecule has 1 aliphatic rings. The van der Waals surface area contributed by atoms with E-state index in [2.05, 4.69) is 62.4 Å². The molecule has 1 aromatic heterocycles. The Morgan fingerprint density at radius 1 is 1.18 bits per heavy atom. The van der Waals surface area contributed by atoms with E-state index in [1.54, 1.807) is 0 Å². The number of hydrogen-bond acceptors (Lipinski definition) is 3. The fourth-order valence-electron chi connectivity index (χ4n) is 3.61. The summed E-state index contributed by atoms with van der Waals surface area (Å²) < 4.78 is 13.8. The predicted molar refractivity (Wildman–Crippen MR) is 110 cm³/mol. The number of cyclic esters (lactones) is 1. The molecule has 0 amide bonds. The summed E-state index contributed by atoms with van der Waals surface area (Å²) in [4.78, 5) is 11.8. The molecule has 4 nitrogen and oxygen atoms in total. The van der Waals surface area contributed by atoms with Crippen LogP contribution in [0.3, 0.4) is 0 Å². The fourth-order valence-corrected chi connectivity index (χ4v) is 3.61. The van der Waals surface area contributed by atoms with Gasteiger partial charge in [-0.1, -0.05) is 36.9 Å². The summed E-state index contributed by atoms with van der Waals surface area (Å²) in [6, 6.07) is 16.2. The van der Waals surface area contributed by atoms with Gasteiger partial charge in [0.2, 0.25) is 0 Å². The third-order valence-corrected chi connectivity index (χ3v) is 5.10. The Balaban J connectivity index is 1.71. The number of carbonyl (C=O) groups excluding carboxylic acids is 1. The number of rotatable bonds is 4. The Kier molecular flexibility index (Phi) is 4.50. The number of fused-ring (bicyclic) bond motifs is 1. The average molecular weight is 375 g/mol. The van der Waals surface area contributed by atoms with Gasteiger partial charge in [0.15, 0.2) is 0 Å². The minimum atomic E-state index is -0.301. The third kappa shape index (κ3) is 3.42. The van der Waals surface area contributed by atoms with Crippen LogP contribution in [0.4, 0.5) is 0 Å². The Labute approximate surface area is 165 Å². The van der Waals surface area contributed by atoms with E-state index in [1.807, 2.05) is 24.3 Å². The van der Waals surface area contributed by atoms with E-state index in [1.165, 1.54) is 0 Å². The van der Waals surface area contributed by atoms with E-state index < -0.39 is 0 Å². The molecule has 144 valence electrons. The second kappa shape index (κ2) is 6.86. The second-order valence-corrected chi connectivity index (χ2v) is 8.28. The maximum Gasteiger partial charge on any atom is 0.334 e. The Morgan fingerprint density at radius 3 is 2.57 bits per heavy atom. The molecule has 1 unspecified atom stereocenters. The van der Waals surface area contributed by atoms with Gasteiger partial charge in [-0.05, 0) is 38.5 Å². The van der Waals surface area contributed by atoms with E-state index in [9.17, 15) is 4.79 Å². The number of aromatic nitrogens is 1. The van der Waals surface area contributed by atoms with Crippen molar-refractivity contribution in [2.24, 2.45) is 0 Å². The second-order valence-electron chi connectivity index (χ2n) is 8.28. The van der Waals surface area contributed by atoms with Crippen molar-refractivity contribution in [3.8, 4) is 5.75 Å². The standard InChI is InChI=1S/C24H25NO3/c1-16-12-22(28-23(16)26)20-14-25(24(2,3)4)21-13-18(10-11-19(20)21)27-15-17-8-6-5-7-9-17/h5-11,13-14,22H,1,12,15H2,2-4H3. The molecule has 1 fully saturated rings. The number of hydrogen-bond donors (Lipinski definition) is 0. The molecule has 28 heavy (non-hydrogen) atoms. The van der Waals surface area contributed by atoms with Crippen LogP contribution in [0.1, 0.15) is 44.4 Å². The summed E-state index contributed by atoms with van der Waals surface area (Å²) in [5.41, 5.74) is 3.64. The lowest BCUT2D eigenvalue weighted by Crippen LogP contribution is -2.20. The van der Waals surface area contributed by atoms with Crippen LogP contribution >= 0.6 is 0 Å². The molecule has 1 aliphatic heterocycles. The Bertz CT molecular complexity index is 1020. The highest BCUT2D eigenvalue weighted by Crippen LogP contribution is 2.39. The monoisotopic (exact) mass is 375 g/mol. The summed E-state index contributed by atoms with van der Waals surface area (Å²) in [5.74, 6) is 0.517. The Hall–Kier alpha value is -3.01. The summed E-state index contributed by atoms with van der Waals surface area (Å²) in [6.45, 7) is 10.8. The van der Waals surface area contributed by atoms with Crippen molar-refractivity contribution in [1.82, 2.24) is 4.57 Å². The average Bonchev–Trinajstić information content (AvgIpc) is 3.20. The number of esters is 1. The van der Waals surface area contributed by atoms with Crippen molar-refractivity contribution in [3.05, 3.63) is 78.0 Å². The molecule has 0 radical (unpaired) electrons. The fraction of sp³-hybridized carbons (Fsp3) is 0.292. The van der Waals surface area contributed by atoms with Crippen LogP contribution in [-0.4, -0.2) is 10.5 Å². The molecule has 0 bridgehead atoms. The molecule has 4 heteroatoms. The molecule has 2 aromatic carbocycles. The van der Waals surface area contributed by atoms with Crippen LogP contribution in [-0.2, 0) is 21.7 Å². The molecular formula is C24H25NO3. The summed E-state index contributed by atoms with van der Waals surface area (Å²) in [7, 11) is 0. The van der Waals surface area contributed by atoms with Gasteiger partial charge in [0.1, 0.15) is 18.5 Å². The quantitative estimate of drug-likeness (QED) is 0.445. The van der Waals surface area contributed by atoms with Crippen LogP contribution in [0.2, 0.25) is 0 Å². The van der Waals surface area contributed by atoms with Crippen LogP contribution in [0, 0.1) is 0 Å². The van der Waals surface area contributed by atoms with Gasteiger partial charge in [-0.2, -0.15) is 0 Å². The van der Waals surface area contributed by atoms with Crippen molar-refractivity contribution in [3.63, 3.8) is 0 Å². The van der Waals surface area contributed by atoms with E-state index in [-0.39, 0.29) is 17.6 Å². The van der Waals surface area contributed by atoms with Gasteiger partial charge in [0, 0.05) is 40.7 Å². The number of carbonyl (C=O) groups is 1. The van der Waals surface area contributed by atoms with E-state index in [0.29, 0.717) is 18.6 Å². The molecule has 2 heterocycles. The zero-order chi connectivity index (χ0) is 19.9. The third-order valence-electron chi connectivity index (χ3n) is 5.10. The van der Waals surface area contributed by atoms with Crippen molar-refractivity contribution in [2.45, 2.75) is 45.4 Å². The van der Waals surface area contributed by atoms with Crippen molar-refractivity contribution < 1.29 is 14.3 Å². The van der Waals surface area contributed by atoms with Gasteiger partial charge >= 0.3 is 5.97 Å². The lowest BCUT2D eigenvalue weighted by atomic mass is 10.0. The van der Waals surface area contributed by atoms with Crippen LogP contribution in [0.5, 0.6) is 5.75 Å². The maximum atomic E-state index is 11.8. The summed E-state index contributed by atoms with van der Waals surface area (Å²) in [5, 5.41) is 1.08. The van der Waals surface area contributed by atoms with Gasteiger partial charge in [-0.15, -0.1) is 0 Å². The largest absolute Gasteiger partial charge is 0.489 e. The van der Waals surface area contributed by atoms with Crippen molar-refractivity contribution >= 4 is 16.9 Å². The zero-order valence-electron chi connectivity index (χ0n) is 16.6. The molecule has 4 rings (SSSR count). The maximum absolute atomic E-state index is 11.8. The molecule has 0 spiro atoms. The number of ether oxygens (including phenoxy) is 2. The van der Waals surface area contributed by atoms with Gasteiger partial charge < -0.3 is 14.0 Å². The van der Waals surface area contributed by atoms with E-state index in [4.69, 9.17) is 9.47 Å². The molecule has 1 saturated heterocycles. The molecule has 0 saturated carbocycles. The first-order chi connectivity index (χ1) is 13.3. The molecule has 0 aliphatic carbocycles. The topological polar surface area (TPSA) is 40.5 Å². The van der Waals surface area contributed by atoms with E-state index in [0.717, 1.165) is 27.8 Å². The first-order valence-corrected chi connectivity index (χ1v) is 9.54. The minimum absolute atomic E-state index is 0.117. The molecule has 0 N–H and O–H groups in total. The van der Waals surface area contributed by atoms with E-state index >= 15 is 0 Å². The van der Waals surface area contributed by atoms with Crippen molar-refractivity contribution in [2.75, 3.05) is 0 Å². The first kappa shape index (κ1) is 18.4. The number of benzene rings is 2. The van der Waals surface area contributed by atoms with Gasteiger partial charge in [0.25, 0.3) is 0 Å². The van der Waals surface area contributed by atoms with Gasteiger partial charge in [-0.25, -0.2) is 4.79 Å². The molecule has 3 aromatic rings. The van der Waals surface area contributed by atoms with Crippen LogP contribution < -0.4 is 4.74 Å². The predicted octanol–water partition coefficient (Wildman–Crippen LogP) is 5.52. The lowest BCUT2D eigenvalue weighted by molar-refractivity contribution is -0.139. The smallest absolute Gasteiger partial charge is 0.334 e.